The van der Waals surface area contributed by atoms with Crippen LogP contribution in [0, 0.1) is 17.1 Å². The highest BCUT2D eigenvalue weighted by Gasteiger charge is 2.47. The summed E-state index contributed by atoms with van der Waals surface area (Å²) in [6, 6.07) is 7.13. The van der Waals surface area contributed by atoms with Crippen LogP contribution >= 0.6 is 26.8 Å². The number of rotatable bonds is 9. The Morgan fingerprint density at radius 3 is 2.59 bits per heavy atom. The highest BCUT2D eigenvalue weighted by Crippen LogP contribution is 2.55. The van der Waals surface area contributed by atoms with Crippen molar-refractivity contribution in [1.82, 2.24) is 14.5 Å². The van der Waals surface area contributed by atoms with Crippen LogP contribution in [0.4, 0.5) is 14.5 Å². The molecule has 4 rings (SSSR count). The van der Waals surface area contributed by atoms with E-state index in [4.69, 9.17) is 26.1 Å². The predicted octanol–water partition coefficient (Wildman–Crippen LogP) is 3.20. The Bertz CT molecular complexity index is 1510. The van der Waals surface area contributed by atoms with Gasteiger partial charge >= 0.3 is 15.2 Å². The summed E-state index contributed by atoms with van der Waals surface area (Å²) in [6.07, 6.45) is -5.88. The zero-order chi connectivity index (χ0) is 28.7. The molecule has 2 aromatic heterocycles. The Balaban J connectivity index is 1.62. The molecule has 0 radical (unpaired) electrons. The molecule has 5 N–H and O–H groups in total. The molecule has 13 nitrogen and oxygen atoms in total. The van der Waals surface area contributed by atoms with Crippen LogP contribution in [0.1, 0.15) is 30.3 Å². The maximum Gasteiger partial charge on any atom is 0.340 e. The van der Waals surface area contributed by atoms with Crippen molar-refractivity contribution in [2.24, 2.45) is 0 Å². The van der Waals surface area contributed by atoms with Gasteiger partial charge in [-0.05, 0) is 24.6 Å². The first-order valence-electron chi connectivity index (χ1n) is 11.2. The molecule has 1 aromatic carbocycles. The van der Waals surface area contributed by atoms with Gasteiger partial charge in [-0.15, -0.1) is 0 Å². The van der Waals surface area contributed by atoms with E-state index in [0.29, 0.717) is 5.56 Å². The second kappa shape index (κ2) is 11.2. The summed E-state index contributed by atoms with van der Waals surface area (Å²) in [5, 5.41) is 22.9. The average Bonchev–Trinajstić information content (AvgIpc) is 3.37. The minimum Gasteiger partial charge on any atom is -0.387 e. The monoisotopic (exact) mass is 607 g/mol. The predicted molar refractivity (Wildman–Crippen MR) is 133 cm³/mol. The lowest BCUT2D eigenvalue weighted by Gasteiger charge is -2.19. The quantitative estimate of drug-likeness (QED) is 0.176. The van der Waals surface area contributed by atoms with Crippen molar-refractivity contribution < 1.29 is 47.0 Å². The zero-order valence-electron chi connectivity index (χ0n) is 19.9. The van der Waals surface area contributed by atoms with E-state index >= 15 is 4.39 Å². The van der Waals surface area contributed by atoms with Crippen molar-refractivity contribution in [1.29, 1.82) is 5.26 Å². The molecule has 0 bridgehead atoms. The van der Waals surface area contributed by atoms with Gasteiger partial charge in [0.05, 0.1) is 18.6 Å². The summed E-state index contributed by atoms with van der Waals surface area (Å²) in [5.41, 5.74) is 0.868. The van der Waals surface area contributed by atoms with Crippen LogP contribution < -0.4 is 5.32 Å². The van der Waals surface area contributed by atoms with Gasteiger partial charge in [0.15, 0.2) is 29.1 Å². The molecule has 3 heterocycles. The minimum atomic E-state index is -4.90. The molecule has 6 atom stereocenters. The molecule has 1 unspecified atom stereocenters. The van der Waals surface area contributed by atoms with E-state index in [2.05, 4.69) is 19.8 Å². The molecule has 3 aromatic rings. The van der Waals surface area contributed by atoms with Gasteiger partial charge in [0, 0.05) is 6.04 Å². The number of fused-ring (bicyclic) bond motifs is 1. The number of aliphatic hydroxyl groups excluding tert-OH is 1. The first-order chi connectivity index (χ1) is 18.2. The lowest BCUT2D eigenvalue weighted by atomic mass is 10.1. The van der Waals surface area contributed by atoms with Crippen LogP contribution in [0.15, 0.2) is 30.6 Å². The molecule has 0 saturated carbocycles. The number of nitrogens with zero attached hydrogens (tertiary/aromatic N) is 4. The molecule has 1 fully saturated rings. The molecule has 0 aliphatic carbocycles. The van der Waals surface area contributed by atoms with Crippen LogP contribution in [0.3, 0.4) is 0 Å². The largest absolute Gasteiger partial charge is 0.387 e. The van der Waals surface area contributed by atoms with Gasteiger partial charge in [-0.25, -0.2) is 18.7 Å². The number of nitriles is 1. The van der Waals surface area contributed by atoms with E-state index in [1.165, 1.54) is 12.1 Å². The normalized spacial score (nSPS) is 23.9. The van der Waals surface area contributed by atoms with Gasteiger partial charge in [0.25, 0.3) is 0 Å². The van der Waals surface area contributed by atoms with Gasteiger partial charge < -0.3 is 34.4 Å². The van der Waals surface area contributed by atoms with E-state index in [0.717, 1.165) is 10.9 Å². The smallest absolute Gasteiger partial charge is 0.340 e. The fourth-order valence-corrected chi connectivity index (χ4v) is 6.81. The SMILES string of the molecule is C[C@H](Nc1c(C#N)c(Cl)nc2c1ncn2[C@@H]1O[C@H](COP(=O)(O)CP(=O)(O)O)[C@@H](O)[C@@H]1F)c1ccc(F)cc1. The van der Waals surface area contributed by atoms with Gasteiger partial charge in [-0.2, -0.15) is 5.26 Å². The number of anilines is 1. The Labute approximate surface area is 224 Å². The number of imidazole rings is 1. The number of alkyl halides is 1. The number of aromatic nitrogens is 3. The zero-order valence-corrected chi connectivity index (χ0v) is 22.5. The number of aliphatic hydroxyl groups is 1. The second-order valence-corrected chi connectivity index (χ2v) is 13.1. The van der Waals surface area contributed by atoms with Gasteiger partial charge in [-0.3, -0.25) is 13.7 Å². The van der Waals surface area contributed by atoms with Gasteiger partial charge in [0.1, 0.15) is 35.2 Å². The molecule has 1 saturated heterocycles. The Morgan fingerprint density at radius 1 is 1.31 bits per heavy atom. The van der Waals surface area contributed by atoms with Crippen molar-refractivity contribution in [3.8, 4) is 6.07 Å². The number of nitrogens with one attached hydrogen (secondary N) is 1. The van der Waals surface area contributed by atoms with Crippen molar-refractivity contribution in [3.63, 3.8) is 0 Å². The first-order valence-corrected chi connectivity index (χ1v) is 15.1. The number of ether oxygens (including phenoxy) is 1. The second-order valence-electron chi connectivity index (χ2n) is 8.75. The summed E-state index contributed by atoms with van der Waals surface area (Å²) < 4.78 is 62.7. The third-order valence-electron chi connectivity index (χ3n) is 5.88. The van der Waals surface area contributed by atoms with Crippen LogP contribution in [0.2, 0.25) is 5.15 Å². The van der Waals surface area contributed by atoms with E-state index in [1.807, 2.05) is 6.07 Å². The van der Waals surface area contributed by atoms with E-state index in [1.54, 1.807) is 19.1 Å². The molecule has 210 valence electrons. The van der Waals surface area contributed by atoms with Crippen molar-refractivity contribution in [3.05, 3.63) is 52.7 Å². The molecular weight excluding hydrogens is 586 g/mol. The third kappa shape index (κ3) is 6.47. The maximum absolute atomic E-state index is 15.1. The van der Waals surface area contributed by atoms with Crippen molar-refractivity contribution >= 4 is 43.6 Å². The molecule has 1 aliphatic heterocycles. The lowest BCUT2D eigenvalue weighted by Crippen LogP contribution is -2.31. The number of hydrogen-bond donors (Lipinski definition) is 5. The number of halogens is 3. The van der Waals surface area contributed by atoms with Gasteiger partial charge in [0.2, 0.25) is 0 Å². The van der Waals surface area contributed by atoms with Crippen molar-refractivity contribution in [2.75, 3.05) is 17.8 Å². The van der Waals surface area contributed by atoms with Crippen LogP contribution in [0.5, 0.6) is 0 Å². The maximum atomic E-state index is 15.1. The summed E-state index contributed by atoms with van der Waals surface area (Å²) in [7, 11) is -9.68. The van der Waals surface area contributed by atoms with Crippen LogP contribution in [-0.4, -0.2) is 65.2 Å². The third-order valence-corrected chi connectivity index (χ3v) is 9.61. The Hall–Kier alpha value is -2.50. The fourth-order valence-electron chi connectivity index (χ4n) is 4.02. The standard InChI is InChI=1S/C21H22ClF2N5O8P2/c1-10(11-2-4-12(23)5-3-11)27-16-13(6-25)19(22)28-20-17(16)26-8-29(20)21-15(24)18(30)14(37-21)7-36-39(34,35)9-38(31,32)33/h2-5,8,10,14-15,18,21,30H,7,9H2,1H3,(H,27,28)(H,34,35)(H2,31,32,33)/t10-,14+,15-,18+,21+/m0/s1. The molecular formula is C21H22ClF2N5O8P2. The van der Waals surface area contributed by atoms with Crippen molar-refractivity contribution in [2.45, 2.75) is 37.6 Å². The van der Waals surface area contributed by atoms with Crippen LogP contribution in [-0.2, 0) is 18.4 Å². The molecule has 0 amide bonds. The van der Waals surface area contributed by atoms with E-state index < -0.39 is 64.2 Å². The average molecular weight is 608 g/mol. The minimum absolute atomic E-state index is 0.0245. The Kier molecular flexibility index (Phi) is 8.45. The molecule has 18 heteroatoms. The highest BCUT2D eigenvalue weighted by molar-refractivity contribution is 7.70. The van der Waals surface area contributed by atoms with E-state index in [9.17, 15) is 28.8 Å². The summed E-state index contributed by atoms with van der Waals surface area (Å²) in [6.45, 7) is 0.893. The lowest BCUT2D eigenvalue weighted by molar-refractivity contribution is -0.0425. The number of benzene rings is 1. The first kappa shape index (κ1) is 29.5. The fraction of sp³-hybridized carbons (Fsp3) is 0.381. The topological polar surface area (TPSA) is 200 Å². The van der Waals surface area contributed by atoms with E-state index in [-0.39, 0.29) is 27.6 Å². The molecule has 0 spiro atoms. The summed E-state index contributed by atoms with van der Waals surface area (Å²) >= 11 is 6.25. The van der Waals surface area contributed by atoms with Gasteiger partial charge in [-0.1, -0.05) is 23.7 Å². The molecule has 39 heavy (non-hydrogen) atoms. The number of pyridine rings is 1. The summed E-state index contributed by atoms with van der Waals surface area (Å²) in [5.74, 6) is -1.89. The van der Waals surface area contributed by atoms with Crippen LogP contribution in [0.25, 0.3) is 11.2 Å². The molecule has 1 aliphatic rings. The number of hydrogen-bond acceptors (Lipinski definition) is 9. The summed E-state index contributed by atoms with van der Waals surface area (Å²) in [4.78, 5) is 35.8. The Morgan fingerprint density at radius 2 is 1.97 bits per heavy atom. The highest BCUT2D eigenvalue weighted by atomic mass is 35.5.